The molecule has 0 aliphatic heterocycles. The lowest BCUT2D eigenvalue weighted by atomic mass is 10.3. The number of aromatic nitrogens is 2. The van der Waals surface area contributed by atoms with Crippen molar-refractivity contribution in [2.75, 3.05) is 7.11 Å². The van der Waals surface area contributed by atoms with Crippen molar-refractivity contribution in [2.45, 2.75) is 0 Å². The molecule has 0 unspecified atom stereocenters. The first-order valence-electron chi connectivity index (χ1n) is 3.97. The molecule has 1 N–H and O–H groups in total. The van der Waals surface area contributed by atoms with Crippen molar-refractivity contribution in [3.63, 3.8) is 0 Å². The number of imidazole rings is 1. The van der Waals surface area contributed by atoms with Crippen LogP contribution in [0.15, 0.2) is 24.5 Å². The summed E-state index contributed by atoms with van der Waals surface area (Å²) in [4.78, 5) is 15.1. The average molecular weight is 192 g/mol. The van der Waals surface area contributed by atoms with Gasteiger partial charge in [-0.3, -0.25) is 4.40 Å². The Balaban J connectivity index is 2.60. The van der Waals surface area contributed by atoms with Gasteiger partial charge in [-0.15, -0.1) is 0 Å². The number of nitrogens with zero attached hydrogens (tertiary/aromatic N) is 2. The average Bonchev–Trinajstić information content (AvgIpc) is 2.59. The van der Waals surface area contributed by atoms with Crippen LogP contribution in [0.4, 0.5) is 0 Å². The summed E-state index contributed by atoms with van der Waals surface area (Å²) in [7, 11) is 1.31. The summed E-state index contributed by atoms with van der Waals surface area (Å²) in [5.74, 6) is -0.453. The van der Waals surface area contributed by atoms with Gasteiger partial charge in [-0.1, -0.05) is 0 Å². The van der Waals surface area contributed by atoms with Gasteiger partial charge in [0.1, 0.15) is 5.65 Å². The van der Waals surface area contributed by atoms with Crippen molar-refractivity contribution < 1.29 is 14.6 Å². The highest BCUT2D eigenvalue weighted by atomic mass is 16.5. The Labute approximate surface area is 79.6 Å². The summed E-state index contributed by atoms with van der Waals surface area (Å²) in [6, 6.07) is 3.22. The third-order valence-electron chi connectivity index (χ3n) is 1.91. The second kappa shape index (κ2) is 3.02. The van der Waals surface area contributed by atoms with Crippen molar-refractivity contribution >= 4 is 11.6 Å². The fourth-order valence-electron chi connectivity index (χ4n) is 1.21. The highest BCUT2D eigenvalue weighted by molar-refractivity contribution is 5.89. The number of pyridine rings is 1. The third-order valence-corrected chi connectivity index (χ3v) is 1.91. The molecule has 2 rings (SSSR count). The fourth-order valence-corrected chi connectivity index (χ4v) is 1.21. The molecule has 0 radical (unpaired) electrons. The van der Waals surface area contributed by atoms with Crippen LogP contribution in [0.3, 0.4) is 0 Å². The Kier molecular flexibility index (Phi) is 1.85. The van der Waals surface area contributed by atoms with E-state index in [4.69, 9.17) is 0 Å². The SMILES string of the molecule is COC(=O)c1ccc2ncc(O)n2c1. The minimum absolute atomic E-state index is 0.00856. The van der Waals surface area contributed by atoms with Crippen molar-refractivity contribution in [2.24, 2.45) is 0 Å². The van der Waals surface area contributed by atoms with E-state index in [1.54, 1.807) is 12.1 Å². The number of aromatic hydroxyl groups is 1. The Morgan fingerprint density at radius 2 is 2.36 bits per heavy atom. The summed E-state index contributed by atoms with van der Waals surface area (Å²) in [5, 5.41) is 9.34. The highest BCUT2D eigenvalue weighted by Gasteiger charge is 2.08. The summed E-state index contributed by atoms with van der Waals surface area (Å²) in [6.07, 6.45) is 2.79. The lowest BCUT2D eigenvalue weighted by molar-refractivity contribution is 0.0600. The molecule has 0 atom stereocenters. The Hall–Kier alpha value is -2.04. The number of esters is 1. The van der Waals surface area contributed by atoms with Crippen LogP contribution in [0.2, 0.25) is 0 Å². The molecule has 2 aromatic heterocycles. The van der Waals surface area contributed by atoms with Gasteiger partial charge in [0.25, 0.3) is 0 Å². The zero-order valence-electron chi connectivity index (χ0n) is 7.47. The van der Waals surface area contributed by atoms with Gasteiger partial charge < -0.3 is 9.84 Å². The predicted molar refractivity (Wildman–Crippen MR) is 48.2 cm³/mol. The first kappa shape index (κ1) is 8.55. The van der Waals surface area contributed by atoms with E-state index in [0.717, 1.165) is 0 Å². The van der Waals surface area contributed by atoms with Gasteiger partial charge in [0.15, 0.2) is 0 Å². The molecule has 5 heteroatoms. The van der Waals surface area contributed by atoms with E-state index in [9.17, 15) is 9.90 Å². The first-order valence-corrected chi connectivity index (χ1v) is 3.97. The molecular weight excluding hydrogens is 184 g/mol. The number of methoxy groups -OCH3 is 1. The van der Waals surface area contributed by atoms with E-state index in [0.29, 0.717) is 11.2 Å². The van der Waals surface area contributed by atoms with E-state index >= 15 is 0 Å². The molecule has 0 aromatic carbocycles. The molecule has 0 amide bonds. The molecule has 72 valence electrons. The van der Waals surface area contributed by atoms with Gasteiger partial charge in [-0.25, -0.2) is 9.78 Å². The number of carbonyl (C=O) groups excluding carboxylic acids is 1. The van der Waals surface area contributed by atoms with Crippen molar-refractivity contribution in [1.29, 1.82) is 0 Å². The minimum atomic E-state index is -0.444. The topological polar surface area (TPSA) is 63.8 Å². The van der Waals surface area contributed by atoms with Crippen LogP contribution in [-0.2, 0) is 4.74 Å². The zero-order valence-corrected chi connectivity index (χ0v) is 7.47. The van der Waals surface area contributed by atoms with Crippen molar-refractivity contribution in [1.82, 2.24) is 9.38 Å². The summed E-state index contributed by atoms with van der Waals surface area (Å²) >= 11 is 0. The van der Waals surface area contributed by atoms with Gasteiger partial charge >= 0.3 is 5.97 Å². The smallest absolute Gasteiger partial charge is 0.339 e. The molecule has 0 saturated carbocycles. The molecule has 0 aliphatic rings. The standard InChI is InChI=1S/C9H8N2O3/c1-14-9(13)6-2-3-7-10-4-8(12)11(7)5-6/h2-5,12H,1H3. The van der Waals surface area contributed by atoms with Crippen LogP contribution < -0.4 is 0 Å². The number of rotatable bonds is 1. The zero-order chi connectivity index (χ0) is 10.1. The van der Waals surface area contributed by atoms with Crippen molar-refractivity contribution in [3.8, 4) is 5.88 Å². The summed E-state index contributed by atoms with van der Waals surface area (Å²) < 4.78 is 5.96. The number of carbonyl (C=O) groups is 1. The van der Waals surface area contributed by atoms with E-state index in [2.05, 4.69) is 9.72 Å². The number of ether oxygens (including phenoxy) is 1. The van der Waals surface area contributed by atoms with Crippen LogP contribution in [0, 0.1) is 0 Å². The van der Waals surface area contributed by atoms with Gasteiger partial charge in [-0.2, -0.15) is 0 Å². The van der Waals surface area contributed by atoms with Crippen LogP contribution in [0.5, 0.6) is 5.88 Å². The highest BCUT2D eigenvalue weighted by Crippen LogP contribution is 2.13. The Morgan fingerprint density at radius 1 is 1.57 bits per heavy atom. The number of fused-ring (bicyclic) bond motifs is 1. The maximum atomic E-state index is 11.2. The van der Waals surface area contributed by atoms with Gasteiger partial charge in [0.2, 0.25) is 5.88 Å². The molecule has 14 heavy (non-hydrogen) atoms. The van der Waals surface area contributed by atoms with Crippen molar-refractivity contribution in [3.05, 3.63) is 30.1 Å². The van der Waals surface area contributed by atoms with E-state index < -0.39 is 5.97 Å². The Morgan fingerprint density at radius 3 is 3.07 bits per heavy atom. The first-order chi connectivity index (χ1) is 6.72. The van der Waals surface area contributed by atoms with Crippen LogP contribution in [0.25, 0.3) is 5.65 Å². The summed E-state index contributed by atoms with van der Waals surface area (Å²) in [6.45, 7) is 0. The quantitative estimate of drug-likeness (QED) is 0.679. The molecule has 0 aliphatic carbocycles. The van der Waals surface area contributed by atoms with Gasteiger partial charge in [0, 0.05) is 6.20 Å². The van der Waals surface area contributed by atoms with E-state index in [-0.39, 0.29) is 5.88 Å². The molecular formula is C9H8N2O3. The molecule has 0 saturated heterocycles. The molecule has 0 spiro atoms. The largest absolute Gasteiger partial charge is 0.493 e. The Bertz CT molecular complexity index is 490. The van der Waals surface area contributed by atoms with Crippen LogP contribution in [-0.4, -0.2) is 27.6 Å². The number of hydrogen-bond acceptors (Lipinski definition) is 4. The van der Waals surface area contributed by atoms with Gasteiger partial charge in [0.05, 0.1) is 18.9 Å². The second-order valence-corrected chi connectivity index (χ2v) is 2.75. The van der Waals surface area contributed by atoms with E-state index in [1.807, 2.05) is 0 Å². The monoisotopic (exact) mass is 192 g/mol. The van der Waals surface area contributed by atoms with Crippen LogP contribution >= 0.6 is 0 Å². The maximum absolute atomic E-state index is 11.2. The van der Waals surface area contributed by atoms with Crippen LogP contribution in [0.1, 0.15) is 10.4 Å². The normalized spacial score (nSPS) is 10.4. The third kappa shape index (κ3) is 1.19. The lowest BCUT2D eigenvalue weighted by Crippen LogP contribution is -2.02. The predicted octanol–water partition coefficient (Wildman–Crippen LogP) is 0.826. The fraction of sp³-hybridized carbons (Fsp3) is 0.111. The van der Waals surface area contributed by atoms with E-state index in [1.165, 1.54) is 23.9 Å². The summed E-state index contributed by atoms with van der Waals surface area (Å²) in [5.41, 5.74) is 0.948. The number of hydrogen-bond donors (Lipinski definition) is 1. The second-order valence-electron chi connectivity index (χ2n) is 2.75. The van der Waals surface area contributed by atoms with Gasteiger partial charge in [-0.05, 0) is 12.1 Å². The molecule has 0 fully saturated rings. The minimum Gasteiger partial charge on any atom is -0.493 e. The molecule has 5 nitrogen and oxygen atoms in total. The molecule has 2 aromatic rings. The molecule has 0 bridgehead atoms. The maximum Gasteiger partial charge on any atom is 0.339 e. The lowest BCUT2D eigenvalue weighted by Gasteiger charge is -2.00. The molecule has 2 heterocycles.